The highest BCUT2D eigenvalue weighted by molar-refractivity contribution is 6.32. The maximum absolute atomic E-state index is 12.4. The van der Waals surface area contributed by atoms with E-state index in [1.54, 1.807) is 41.5 Å². The maximum Gasteiger partial charge on any atom is 0.407 e. The van der Waals surface area contributed by atoms with Gasteiger partial charge in [0.1, 0.15) is 6.04 Å². The van der Waals surface area contributed by atoms with E-state index in [0.29, 0.717) is 10.7 Å². The minimum atomic E-state index is -0.718. The van der Waals surface area contributed by atoms with Gasteiger partial charge in [-0.3, -0.25) is 4.79 Å². The van der Waals surface area contributed by atoms with Gasteiger partial charge in [0.25, 0.3) is 0 Å². The topological polar surface area (TPSA) is 85.2 Å². The molecule has 0 bridgehead atoms. The second-order valence-electron chi connectivity index (χ2n) is 5.48. The highest BCUT2D eigenvalue weighted by Crippen LogP contribution is 2.24. The van der Waals surface area contributed by atoms with Crippen LogP contribution in [0.1, 0.15) is 13.8 Å². The van der Waals surface area contributed by atoms with E-state index in [4.69, 9.17) is 11.6 Å². The molecule has 1 aromatic heterocycles. The molecule has 0 saturated heterocycles. The Balaban J connectivity index is 2.13. The molecule has 1 unspecified atom stereocenters. The molecule has 0 fully saturated rings. The van der Waals surface area contributed by atoms with E-state index in [1.807, 2.05) is 13.8 Å². The van der Waals surface area contributed by atoms with Gasteiger partial charge < -0.3 is 19.9 Å². The van der Waals surface area contributed by atoms with Gasteiger partial charge in [-0.25, -0.2) is 9.78 Å². The van der Waals surface area contributed by atoms with Crippen LogP contribution in [0.3, 0.4) is 0 Å². The van der Waals surface area contributed by atoms with E-state index in [9.17, 15) is 9.59 Å². The Labute approximate surface area is 145 Å². The van der Waals surface area contributed by atoms with Crippen LogP contribution >= 0.6 is 11.6 Å². The summed E-state index contributed by atoms with van der Waals surface area (Å²) in [6, 6.07) is 4.43. The fourth-order valence-corrected chi connectivity index (χ4v) is 2.41. The van der Waals surface area contributed by atoms with Crippen LogP contribution < -0.4 is 10.6 Å². The van der Waals surface area contributed by atoms with Crippen LogP contribution in [0.2, 0.25) is 5.02 Å². The van der Waals surface area contributed by atoms with Gasteiger partial charge in [0, 0.05) is 18.1 Å². The molecule has 24 heavy (non-hydrogen) atoms. The molecule has 1 atom stereocenters. The lowest BCUT2D eigenvalue weighted by Gasteiger charge is -2.21. The molecule has 2 N–H and O–H groups in total. The predicted octanol–water partition coefficient (Wildman–Crippen LogP) is 2.84. The fourth-order valence-electron chi connectivity index (χ4n) is 2.14. The summed E-state index contributed by atoms with van der Waals surface area (Å²) in [5, 5.41) is 5.73. The summed E-state index contributed by atoms with van der Waals surface area (Å²) in [5.41, 5.74) is 1.28. The first-order chi connectivity index (χ1) is 11.4. The number of benzene rings is 1. The summed E-state index contributed by atoms with van der Waals surface area (Å²) in [6.45, 7) is 3.66. The van der Waals surface area contributed by atoms with Crippen molar-refractivity contribution < 1.29 is 14.3 Å². The zero-order valence-electron chi connectivity index (χ0n) is 13.6. The van der Waals surface area contributed by atoms with E-state index in [1.165, 1.54) is 7.11 Å². The van der Waals surface area contributed by atoms with Crippen molar-refractivity contribution in [2.24, 2.45) is 5.92 Å². The van der Waals surface area contributed by atoms with Crippen molar-refractivity contribution in [3.8, 4) is 5.69 Å². The second kappa shape index (κ2) is 7.83. The van der Waals surface area contributed by atoms with E-state index in [-0.39, 0.29) is 11.8 Å². The summed E-state index contributed by atoms with van der Waals surface area (Å²) < 4.78 is 6.32. The summed E-state index contributed by atoms with van der Waals surface area (Å²) in [7, 11) is 1.25. The fraction of sp³-hybridized carbons (Fsp3) is 0.312. The summed E-state index contributed by atoms with van der Waals surface area (Å²) in [6.07, 6.45) is 4.40. The van der Waals surface area contributed by atoms with Crippen LogP contribution in [0.25, 0.3) is 5.69 Å². The third kappa shape index (κ3) is 4.26. The Morgan fingerprint density at radius 1 is 1.33 bits per heavy atom. The average molecular weight is 351 g/mol. The van der Waals surface area contributed by atoms with Crippen LogP contribution in [0.4, 0.5) is 10.5 Å². The molecule has 2 aromatic rings. The van der Waals surface area contributed by atoms with Crippen molar-refractivity contribution in [1.29, 1.82) is 0 Å². The number of nitrogens with zero attached hydrogens (tertiary/aromatic N) is 2. The van der Waals surface area contributed by atoms with Gasteiger partial charge in [0.2, 0.25) is 5.91 Å². The number of amides is 2. The monoisotopic (exact) mass is 350 g/mol. The number of anilines is 1. The van der Waals surface area contributed by atoms with Crippen LogP contribution in [0.5, 0.6) is 0 Å². The quantitative estimate of drug-likeness (QED) is 0.868. The number of ether oxygens (including phenoxy) is 1. The van der Waals surface area contributed by atoms with Gasteiger partial charge in [0.05, 0.1) is 24.1 Å². The van der Waals surface area contributed by atoms with Crippen molar-refractivity contribution in [2.45, 2.75) is 19.9 Å². The van der Waals surface area contributed by atoms with E-state index in [0.717, 1.165) is 5.69 Å². The van der Waals surface area contributed by atoms with Crippen LogP contribution in [0, 0.1) is 5.92 Å². The number of imidazole rings is 1. The average Bonchev–Trinajstić information content (AvgIpc) is 3.06. The molecule has 8 heteroatoms. The van der Waals surface area contributed by atoms with Crippen LogP contribution in [-0.4, -0.2) is 34.7 Å². The lowest BCUT2D eigenvalue weighted by Crippen LogP contribution is -2.47. The van der Waals surface area contributed by atoms with Crippen molar-refractivity contribution in [3.05, 3.63) is 41.9 Å². The Morgan fingerprint density at radius 3 is 2.62 bits per heavy atom. The van der Waals surface area contributed by atoms with Gasteiger partial charge in [-0.1, -0.05) is 25.4 Å². The number of methoxy groups -OCH3 is 1. The highest BCUT2D eigenvalue weighted by atomic mass is 35.5. The molecular weight excluding hydrogens is 332 g/mol. The smallest absolute Gasteiger partial charge is 0.407 e. The highest BCUT2D eigenvalue weighted by Gasteiger charge is 2.24. The standard InChI is InChI=1S/C16H19ClN4O3/c1-10(2)14(20-16(23)24-3)15(22)19-11-4-5-13(12(17)8-11)21-7-6-18-9-21/h4-10,14H,1-3H3,(H,19,22)(H,20,23). The molecule has 1 heterocycles. The van der Waals surface area contributed by atoms with Crippen molar-refractivity contribution in [1.82, 2.24) is 14.9 Å². The maximum atomic E-state index is 12.4. The van der Waals surface area contributed by atoms with Crippen molar-refractivity contribution in [2.75, 3.05) is 12.4 Å². The lowest BCUT2D eigenvalue weighted by molar-refractivity contribution is -0.119. The molecule has 0 aliphatic carbocycles. The van der Waals surface area contributed by atoms with Gasteiger partial charge in [0.15, 0.2) is 0 Å². The largest absolute Gasteiger partial charge is 0.453 e. The van der Waals surface area contributed by atoms with Crippen LogP contribution in [0.15, 0.2) is 36.9 Å². The Bertz CT molecular complexity index is 716. The summed E-state index contributed by atoms with van der Waals surface area (Å²) in [5.74, 6) is -0.452. The SMILES string of the molecule is COC(=O)NC(C(=O)Nc1ccc(-n2ccnc2)c(Cl)c1)C(C)C. The molecule has 0 aliphatic rings. The second-order valence-corrected chi connectivity index (χ2v) is 5.89. The number of alkyl carbamates (subject to hydrolysis) is 1. The molecule has 2 amide bonds. The van der Waals surface area contributed by atoms with Gasteiger partial charge in [-0.05, 0) is 24.1 Å². The zero-order chi connectivity index (χ0) is 17.7. The van der Waals surface area contributed by atoms with Gasteiger partial charge in [-0.15, -0.1) is 0 Å². The molecular formula is C16H19ClN4O3. The number of aromatic nitrogens is 2. The van der Waals surface area contributed by atoms with E-state index in [2.05, 4.69) is 20.4 Å². The van der Waals surface area contributed by atoms with Gasteiger partial charge >= 0.3 is 6.09 Å². The zero-order valence-corrected chi connectivity index (χ0v) is 14.4. The molecule has 1 aromatic carbocycles. The minimum absolute atomic E-state index is 0.107. The summed E-state index contributed by atoms with van der Waals surface area (Å²) >= 11 is 6.26. The molecule has 2 rings (SSSR count). The number of carbonyl (C=O) groups is 2. The van der Waals surface area contributed by atoms with Crippen LogP contribution in [-0.2, 0) is 9.53 Å². The Morgan fingerprint density at radius 2 is 2.08 bits per heavy atom. The third-order valence-electron chi connectivity index (χ3n) is 3.41. The molecule has 0 saturated carbocycles. The third-order valence-corrected chi connectivity index (χ3v) is 3.71. The number of carbonyl (C=O) groups excluding carboxylic acids is 2. The lowest BCUT2D eigenvalue weighted by atomic mass is 10.0. The molecule has 0 aliphatic heterocycles. The molecule has 0 radical (unpaired) electrons. The first-order valence-electron chi connectivity index (χ1n) is 7.35. The number of halogens is 1. The Kier molecular flexibility index (Phi) is 5.81. The first kappa shape index (κ1) is 17.8. The number of rotatable bonds is 5. The van der Waals surface area contributed by atoms with Crippen molar-refractivity contribution in [3.63, 3.8) is 0 Å². The number of hydrogen-bond donors (Lipinski definition) is 2. The number of nitrogens with one attached hydrogen (secondary N) is 2. The molecule has 0 spiro atoms. The molecule has 7 nitrogen and oxygen atoms in total. The first-order valence-corrected chi connectivity index (χ1v) is 7.73. The minimum Gasteiger partial charge on any atom is -0.453 e. The van der Waals surface area contributed by atoms with E-state index >= 15 is 0 Å². The Hall–Kier alpha value is -2.54. The van der Waals surface area contributed by atoms with Gasteiger partial charge in [-0.2, -0.15) is 0 Å². The van der Waals surface area contributed by atoms with E-state index < -0.39 is 12.1 Å². The normalized spacial score (nSPS) is 11.9. The summed E-state index contributed by atoms with van der Waals surface area (Å²) in [4.78, 5) is 27.7. The molecule has 128 valence electrons. The number of hydrogen-bond acceptors (Lipinski definition) is 4. The van der Waals surface area contributed by atoms with Crippen molar-refractivity contribution >= 4 is 29.3 Å². The predicted molar refractivity (Wildman–Crippen MR) is 91.4 cm³/mol.